The molecule has 1 saturated carbocycles. The molecule has 6 nitrogen and oxygen atoms in total. The summed E-state index contributed by atoms with van der Waals surface area (Å²) < 4.78 is 5.03. The number of carbonyl (C=O) groups is 2. The highest BCUT2D eigenvalue weighted by atomic mass is 16.5. The normalized spacial score (nSPS) is 15.5. The number of fused-ring (bicyclic) bond motifs is 1. The SMILES string of the molecule is COC(=O)C(NC(=O)CCc1c([C@H](N)C2CCCCC2)[nH]c2ccccc12)c1ccc(-c2ccccc2)cc1. The molecule has 1 aliphatic rings. The van der Waals surface area contributed by atoms with Crippen molar-refractivity contribution < 1.29 is 14.3 Å². The number of aromatic amines is 1. The number of hydrogen-bond acceptors (Lipinski definition) is 4. The van der Waals surface area contributed by atoms with Crippen LogP contribution in [0.15, 0.2) is 78.9 Å². The Morgan fingerprint density at radius 3 is 2.31 bits per heavy atom. The van der Waals surface area contributed by atoms with Crippen LogP contribution in [0.1, 0.15) is 67.4 Å². The first-order valence-corrected chi connectivity index (χ1v) is 13.9. The molecule has 1 aliphatic carbocycles. The first-order chi connectivity index (χ1) is 19.0. The topological polar surface area (TPSA) is 97.2 Å². The molecule has 4 N–H and O–H groups in total. The summed E-state index contributed by atoms with van der Waals surface area (Å²) in [4.78, 5) is 29.4. The molecule has 202 valence electrons. The summed E-state index contributed by atoms with van der Waals surface area (Å²) in [6.45, 7) is 0. The van der Waals surface area contributed by atoms with Gasteiger partial charge in [-0.05, 0) is 53.5 Å². The van der Waals surface area contributed by atoms with Crippen molar-refractivity contribution in [3.05, 3.63) is 95.7 Å². The fourth-order valence-corrected chi connectivity index (χ4v) is 5.87. The van der Waals surface area contributed by atoms with Crippen LogP contribution in [0, 0.1) is 5.92 Å². The minimum absolute atomic E-state index is 0.0818. The third-order valence-electron chi connectivity index (χ3n) is 8.03. The van der Waals surface area contributed by atoms with Crippen molar-refractivity contribution in [3.63, 3.8) is 0 Å². The second-order valence-electron chi connectivity index (χ2n) is 10.5. The summed E-state index contributed by atoms with van der Waals surface area (Å²) in [7, 11) is 1.34. The van der Waals surface area contributed by atoms with Crippen LogP contribution < -0.4 is 11.1 Å². The minimum Gasteiger partial charge on any atom is -0.467 e. The van der Waals surface area contributed by atoms with Gasteiger partial charge in [0.2, 0.25) is 5.91 Å². The van der Waals surface area contributed by atoms with Crippen LogP contribution in [-0.2, 0) is 20.7 Å². The van der Waals surface area contributed by atoms with Crippen LogP contribution in [-0.4, -0.2) is 24.0 Å². The second kappa shape index (κ2) is 12.3. The number of aryl methyl sites for hydroxylation is 1. The molecule has 0 bridgehead atoms. The number of ether oxygens (including phenoxy) is 1. The van der Waals surface area contributed by atoms with Gasteiger partial charge < -0.3 is 20.8 Å². The Bertz CT molecular complexity index is 1410. The van der Waals surface area contributed by atoms with Crippen LogP contribution in [0.3, 0.4) is 0 Å². The molecule has 5 rings (SSSR count). The number of para-hydroxylation sites is 1. The highest BCUT2D eigenvalue weighted by molar-refractivity contribution is 5.88. The molecule has 0 saturated heterocycles. The molecule has 0 radical (unpaired) electrons. The Labute approximate surface area is 230 Å². The van der Waals surface area contributed by atoms with E-state index in [9.17, 15) is 9.59 Å². The number of carbonyl (C=O) groups excluding carboxylic acids is 2. The molecule has 4 aromatic rings. The summed E-state index contributed by atoms with van der Waals surface area (Å²) >= 11 is 0. The molecule has 1 heterocycles. The average molecular weight is 524 g/mol. The minimum atomic E-state index is -0.876. The first kappa shape index (κ1) is 26.7. The van der Waals surface area contributed by atoms with Crippen molar-refractivity contribution >= 4 is 22.8 Å². The van der Waals surface area contributed by atoms with Crippen LogP contribution in [0.4, 0.5) is 0 Å². The Hall–Kier alpha value is -3.90. The van der Waals surface area contributed by atoms with E-state index < -0.39 is 12.0 Å². The van der Waals surface area contributed by atoms with Gasteiger partial charge in [-0.3, -0.25) is 4.79 Å². The zero-order valence-corrected chi connectivity index (χ0v) is 22.5. The number of amides is 1. The quantitative estimate of drug-likeness (QED) is 0.222. The van der Waals surface area contributed by atoms with E-state index in [4.69, 9.17) is 10.5 Å². The molecule has 2 atom stereocenters. The zero-order chi connectivity index (χ0) is 27.2. The van der Waals surface area contributed by atoms with Crippen molar-refractivity contribution in [3.8, 4) is 11.1 Å². The Morgan fingerprint density at radius 1 is 0.923 bits per heavy atom. The number of esters is 1. The van der Waals surface area contributed by atoms with E-state index >= 15 is 0 Å². The highest BCUT2D eigenvalue weighted by Gasteiger charge is 2.27. The van der Waals surface area contributed by atoms with E-state index in [1.807, 2.05) is 66.7 Å². The second-order valence-corrected chi connectivity index (χ2v) is 10.5. The zero-order valence-electron chi connectivity index (χ0n) is 22.5. The molecule has 6 heteroatoms. The first-order valence-electron chi connectivity index (χ1n) is 13.9. The Morgan fingerprint density at radius 2 is 1.59 bits per heavy atom. The van der Waals surface area contributed by atoms with Gasteiger partial charge in [0.15, 0.2) is 6.04 Å². The molecular formula is C33H37N3O3. The lowest BCUT2D eigenvalue weighted by atomic mass is 9.82. The van der Waals surface area contributed by atoms with Crippen LogP contribution >= 0.6 is 0 Å². The van der Waals surface area contributed by atoms with Crippen LogP contribution in [0.25, 0.3) is 22.0 Å². The Kier molecular flexibility index (Phi) is 8.42. The molecular weight excluding hydrogens is 486 g/mol. The maximum absolute atomic E-state index is 13.2. The maximum Gasteiger partial charge on any atom is 0.333 e. The van der Waals surface area contributed by atoms with Crippen molar-refractivity contribution in [2.24, 2.45) is 11.7 Å². The van der Waals surface area contributed by atoms with E-state index in [1.54, 1.807) is 0 Å². The van der Waals surface area contributed by atoms with E-state index in [2.05, 4.69) is 22.4 Å². The van der Waals surface area contributed by atoms with Crippen LogP contribution in [0.5, 0.6) is 0 Å². The van der Waals surface area contributed by atoms with Gasteiger partial charge in [0, 0.05) is 29.1 Å². The van der Waals surface area contributed by atoms with Gasteiger partial charge in [0.05, 0.1) is 7.11 Å². The van der Waals surface area contributed by atoms with E-state index in [1.165, 1.54) is 26.4 Å². The van der Waals surface area contributed by atoms with Gasteiger partial charge in [-0.25, -0.2) is 4.79 Å². The number of hydrogen-bond donors (Lipinski definition) is 3. The lowest BCUT2D eigenvalue weighted by molar-refractivity contribution is -0.145. The standard InChI is InChI=1S/C33H37N3O3/c1-39-33(38)31(25-18-16-23(17-19-25)22-10-4-2-5-11-22)36-29(37)21-20-27-26-14-8-9-15-28(26)35-32(27)30(34)24-12-6-3-7-13-24/h2,4-5,8-11,14-19,24,30-31,35H,3,6-7,12-13,20-21,34H2,1H3,(H,36,37)/t30-,31?/m1/s1. The molecule has 39 heavy (non-hydrogen) atoms. The summed E-state index contributed by atoms with van der Waals surface area (Å²) in [6, 6.07) is 24.9. The molecule has 3 aromatic carbocycles. The molecule has 1 unspecified atom stereocenters. The summed E-state index contributed by atoms with van der Waals surface area (Å²) in [5.41, 5.74) is 12.8. The number of aromatic nitrogens is 1. The summed E-state index contributed by atoms with van der Waals surface area (Å²) in [5, 5.41) is 4.02. The van der Waals surface area contributed by atoms with E-state index in [0.717, 1.165) is 46.1 Å². The third kappa shape index (κ3) is 6.07. The smallest absolute Gasteiger partial charge is 0.333 e. The third-order valence-corrected chi connectivity index (χ3v) is 8.03. The van der Waals surface area contributed by atoms with Crippen molar-refractivity contribution in [1.29, 1.82) is 0 Å². The summed E-state index contributed by atoms with van der Waals surface area (Å²) in [5.74, 6) is -0.259. The van der Waals surface area contributed by atoms with Crippen LogP contribution in [0.2, 0.25) is 0 Å². The lowest BCUT2D eigenvalue weighted by Gasteiger charge is -2.27. The highest BCUT2D eigenvalue weighted by Crippen LogP contribution is 2.36. The van der Waals surface area contributed by atoms with Gasteiger partial charge in [0.1, 0.15) is 0 Å². The molecule has 0 spiro atoms. The molecule has 1 amide bonds. The lowest BCUT2D eigenvalue weighted by Crippen LogP contribution is -2.34. The number of benzene rings is 3. The number of rotatable bonds is 9. The fraction of sp³-hybridized carbons (Fsp3) is 0.333. The predicted molar refractivity (Wildman–Crippen MR) is 155 cm³/mol. The van der Waals surface area contributed by atoms with Gasteiger partial charge >= 0.3 is 5.97 Å². The summed E-state index contributed by atoms with van der Waals surface area (Å²) in [6.07, 6.45) is 6.77. The largest absolute Gasteiger partial charge is 0.467 e. The number of nitrogens with one attached hydrogen (secondary N) is 2. The molecule has 1 aromatic heterocycles. The Balaban J connectivity index is 1.32. The van der Waals surface area contributed by atoms with Gasteiger partial charge in [-0.1, -0.05) is 92.1 Å². The van der Waals surface area contributed by atoms with E-state index in [0.29, 0.717) is 17.9 Å². The fourth-order valence-electron chi connectivity index (χ4n) is 5.87. The molecule has 0 aliphatic heterocycles. The number of methoxy groups -OCH3 is 1. The predicted octanol–water partition coefficient (Wildman–Crippen LogP) is 6.38. The number of H-pyrrole nitrogens is 1. The van der Waals surface area contributed by atoms with E-state index in [-0.39, 0.29) is 18.4 Å². The monoisotopic (exact) mass is 523 g/mol. The molecule has 1 fully saturated rings. The maximum atomic E-state index is 13.2. The van der Waals surface area contributed by atoms with Gasteiger partial charge in [0.25, 0.3) is 0 Å². The van der Waals surface area contributed by atoms with Gasteiger partial charge in [-0.15, -0.1) is 0 Å². The van der Waals surface area contributed by atoms with Crippen molar-refractivity contribution in [2.75, 3.05) is 7.11 Å². The van der Waals surface area contributed by atoms with Crippen molar-refractivity contribution in [2.45, 2.75) is 57.0 Å². The van der Waals surface area contributed by atoms with Gasteiger partial charge in [-0.2, -0.15) is 0 Å². The number of nitrogens with two attached hydrogens (primary N) is 1. The van der Waals surface area contributed by atoms with Crippen molar-refractivity contribution in [1.82, 2.24) is 10.3 Å². The average Bonchev–Trinajstić information content (AvgIpc) is 3.37.